The molecule has 3 rings (SSSR count). The van der Waals surface area contributed by atoms with Gasteiger partial charge in [0.2, 0.25) is 0 Å². The van der Waals surface area contributed by atoms with Crippen LogP contribution in [-0.4, -0.2) is 23.8 Å². The zero-order valence-corrected chi connectivity index (χ0v) is 17.0. The molecule has 0 aromatic heterocycles. The van der Waals surface area contributed by atoms with Crippen LogP contribution < -0.4 is 15.4 Å². The van der Waals surface area contributed by atoms with Gasteiger partial charge in [-0.1, -0.05) is 36.4 Å². The fourth-order valence-corrected chi connectivity index (χ4v) is 3.65. The molecule has 0 amide bonds. The largest absolute Gasteiger partial charge is 0.496 e. The van der Waals surface area contributed by atoms with Crippen molar-refractivity contribution in [2.45, 2.75) is 4.90 Å². The van der Waals surface area contributed by atoms with Crippen molar-refractivity contribution in [3.8, 4) is 5.75 Å². The zero-order chi connectivity index (χ0) is 19.8. The molecule has 28 heavy (non-hydrogen) atoms. The molecule has 0 aliphatic heterocycles. The molecule has 0 saturated heterocycles. The standard InChI is InChI=1S/C22H20N2O2S2/c1-26-21-13-6-5-12-19(21)20(25)15-28-18-11-7-10-17(14-18)24-22(27)23-16-8-3-2-4-9-16/h2-14H,15H2,1H3,(H2,23,24,27). The van der Waals surface area contributed by atoms with Crippen molar-refractivity contribution < 1.29 is 9.53 Å². The third-order valence-electron chi connectivity index (χ3n) is 3.90. The molecule has 2 N–H and O–H groups in total. The molecule has 0 aliphatic carbocycles. The molecule has 0 radical (unpaired) electrons. The first kappa shape index (κ1) is 19.9. The molecule has 0 fully saturated rings. The van der Waals surface area contributed by atoms with Crippen LogP contribution in [-0.2, 0) is 0 Å². The van der Waals surface area contributed by atoms with Gasteiger partial charge in [0.25, 0.3) is 0 Å². The van der Waals surface area contributed by atoms with Gasteiger partial charge >= 0.3 is 0 Å². The van der Waals surface area contributed by atoms with Crippen molar-refractivity contribution in [1.29, 1.82) is 0 Å². The van der Waals surface area contributed by atoms with Gasteiger partial charge in [-0.25, -0.2) is 0 Å². The summed E-state index contributed by atoms with van der Waals surface area (Å²) in [5.41, 5.74) is 2.39. The topological polar surface area (TPSA) is 50.4 Å². The number of thiocarbonyl (C=S) groups is 1. The molecule has 0 bridgehead atoms. The summed E-state index contributed by atoms with van der Waals surface area (Å²) < 4.78 is 5.27. The minimum absolute atomic E-state index is 0.0297. The smallest absolute Gasteiger partial charge is 0.176 e. The number of para-hydroxylation sites is 2. The lowest BCUT2D eigenvalue weighted by atomic mass is 10.1. The molecule has 0 aliphatic rings. The Bertz CT molecular complexity index is 962. The van der Waals surface area contributed by atoms with Crippen LogP contribution in [0.5, 0.6) is 5.75 Å². The first-order valence-corrected chi connectivity index (χ1v) is 10.1. The average Bonchev–Trinajstić information content (AvgIpc) is 2.73. The maximum atomic E-state index is 12.5. The van der Waals surface area contributed by atoms with Gasteiger partial charge in [-0.15, -0.1) is 11.8 Å². The van der Waals surface area contributed by atoms with Crippen LogP contribution in [0.15, 0.2) is 83.8 Å². The maximum absolute atomic E-state index is 12.5. The van der Waals surface area contributed by atoms with E-state index in [0.717, 1.165) is 16.3 Å². The number of carbonyl (C=O) groups excluding carboxylic acids is 1. The van der Waals surface area contributed by atoms with Crippen molar-refractivity contribution in [1.82, 2.24) is 0 Å². The number of hydrogen-bond acceptors (Lipinski definition) is 4. The number of Topliss-reactive ketones (excluding diaryl/α,β-unsaturated/α-hetero) is 1. The normalized spacial score (nSPS) is 10.2. The Morgan fingerprint density at radius 3 is 2.39 bits per heavy atom. The van der Waals surface area contributed by atoms with E-state index in [0.29, 0.717) is 22.2 Å². The monoisotopic (exact) mass is 408 g/mol. The number of benzene rings is 3. The number of thioether (sulfide) groups is 1. The summed E-state index contributed by atoms with van der Waals surface area (Å²) in [4.78, 5) is 13.5. The van der Waals surface area contributed by atoms with Crippen molar-refractivity contribution >= 4 is 46.3 Å². The van der Waals surface area contributed by atoms with Crippen LogP contribution in [0.25, 0.3) is 0 Å². The maximum Gasteiger partial charge on any atom is 0.176 e. The Labute approximate surface area is 174 Å². The van der Waals surface area contributed by atoms with Crippen molar-refractivity contribution in [3.05, 3.63) is 84.4 Å². The second-order valence-electron chi connectivity index (χ2n) is 5.89. The van der Waals surface area contributed by atoms with Crippen LogP contribution in [0.1, 0.15) is 10.4 Å². The van der Waals surface area contributed by atoms with E-state index in [-0.39, 0.29) is 5.78 Å². The summed E-state index contributed by atoms with van der Waals surface area (Å²) in [5, 5.41) is 6.82. The zero-order valence-electron chi connectivity index (χ0n) is 15.3. The molecule has 142 valence electrons. The highest BCUT2D eigenvalue weighted by Crippen LogP contribution is 2.25. The Hall–Kier alpha value is -2.83. The molecule has 6 heteroatoms. The number of anilines is 2. The Balaban J connectivity index is 1.59. The molecular formula is C22H20N2O2S2. The lowest BCUT2D eigenvalue weighted by Gasteiger charge is -2.11. The van der Waals surface area contributed by atoms with Gasteiger partial charge in [-0.05, 0) is 54.7 Å². The van der Waals surface area contributed by atoms with Crippen LogP contribution in [0.2, 0.25) is 0 Å². The van der Waals surface area contributed by atoms with Crippen molar-refractivity contribution in [3.63, 3.8) is 0 Å². The van der Waals surface area contributed by atoms with E-state index in [1.54, 1.807) is 19.2 Å². The highest BCUT2D eigenvalue weighted by atomic mass is 32.2. The van der Waals surface area contributed by atoms with E-state index < -0.39 is 0 Å². The number of hydrogen-bond donors (Lipinski definition) is 2. The van der Waals surface area contributed by atoms with Crippen LogP contribution in [0.3, 0.4) is 0 Å². The third kappa shape index (κ3) is 5.58. The molecule has 0 unspecified atom stereocenters. The van der Waals surface area contributed by atoms with Gasteiger partial charge in [0.15, 0.2) is 10.9 Å². The number of ketones is 1. The summed E-state index contributed by atoms with van der Waals surface area (Å²) in [6, 6.07) is 24.8. The number of rotatable bonds is 7. The molecule has 3 aromatic rings. The van der Waals surface area contributed by atoms with Gasteiger partial charge in [-0.2, -0.15) is 0 Å². The minimum Gasteiger partial charge on any atom is -0.496 e. The summed E-state index contributed by atoms with van der Waals surface area (Å²) in [6.07, 6.45) is 0. The lowest BCUT2D eigenvalue weighted by Crippen LogP contribution is -2.18. The molecule has 0 saturated carbocycles. The van der Waals surface area contributed by atoms with Gasteiger partial charge in [0.05, 0.1) is 18.4 Å². The summed E-state index contributed by atoms with van der Waals surface area (Å²) in [5.74, 6) is 0.958. The second-order valence-corrected chi connectivity index (χ2v) is 7.34. The third-order valence-corrected chi connectivity index (χ3v) is 5.10. The quantitative estimate of drug-likeness (QED) is 0.307. The summed E-state index contributed by atoms with van der Waals surface area (Å²) >= 11 is 6.84. The van der Waals surface area contributed by atoms with E-state index in [2.05, 4.69) is 10.6 Å². The van der Waals surface area contributed by atoms with E-state index in [9.17, 15) is 4.79 Å². The average molecular weight is 409 g/mol. The number of ether oxygens (including phenoxy) is 1. The highest BCUT2D eigenvalue weighted by Gasteiger charge is 2.12. The van der Waals surface area contributed by atoms with E-state index in [1.807, 2.05) is 66.7 Å². The lowest BCUT2D eigenvalue weighted by molar-refractivity contribution is 0.101. The molecular weight excluding hydrogens is 388 g/mol. The fraction of sp³-hybridized carbons (Fsp3) is 0.0909. The Kier molecular flexibility index (Phi) is 7.06. The van der Waals surface area contributed by atoms with Crippen LogP contribution in [0.4, 0.5) is 11.4 Å². The van der Waals surface area contributed by atoms with Gasteiger partial charge in [0, 0.05) is 16.3 Å². The molecule has 3 aromatic carbocycles. The van der Waals surface area contributed by atoms with Gasteiger partial charge in [-0.3, -0.25) is 4.79 Å². The predicted octanol–water partition coefficient (Wildman–Crippen LogP) is 5.48. The van der Waals surface area contributed by atoms with Gasteiger partial charge in [0.1, 0.15) is 5.75 Å². The number of nitrogens with one attached hydrogen (secondary N) is 2. The van der Waals surface area contributed by atoms with Gasteiger partial charge < -0.3 is 15.4 Å². The highest BCUT2D eigenvalue weighted by molar-refractivity contribution is 8.00. The second kappa shape index (κ2) is 9.92. The number of methoxy groups -OCH3 is 1. The molecule has 0 heterocycles. The molecule has 0 atom stereocenters. The van der Waals surface area contributed by atoms with E-state index in [1.165, 1.54) is 11.8 Å². The van der Waals surface area contributed by atoms with E-state index in [4.69, 9.17) is 17.0 Å². The van der Waals surface area contributed by atoms with Crippen LogP contribution in [0, 0.1) is 0 Å². The minimum atomic E-state index is 0.0297. The first-order valence-electron chi connectivity index (χ1n) is 8.68. The fourth-order valence-electron chi connectivity index (χ4n) is 2.58. The molecule has 0 spiro atoms. The Morgan fingerprint density at radius 2 is 1.61 bits per heavy atom. The first-order chi connectivity index (χ1) is 13.7. The van der Waals surface area contributed by atoms with Crippen molar-refractivity contribution in [2.75, 3.05) is 23.5 Å². The van der Waals surface area contributed by atoms with Crippen LogP contribution >= 0.6 is 24.0 Å². The molecule has 4 nitrogen and oxygen atoms in total. The Morgan fingerprint density at radius 1 is 0.929 bits per heavy atom. The summed E-state index contributed by atoms with van der Waals surface area (Å²) in [6.45, 7) is 0. The number of carbonyl (C=O) groups is 1. The SMILES string of the molecule is COc1ccccc1C(=O)CSc1cccc(NC(=S)Nc2ccccc2)c1. The summed E-state index contributed by atoms with van der Waals surface area (Å²) in [7, 11) is 1.57. The predicted molar refractivity (Wildman–Crippen MR) is 121 cm³/mol. The van der Waals surface area contributed by atoms with Crippen molar-refractivity contribution in [2.24, 2.45) is 0 Å². The van der Waals surface area contributed by atoms with E-state index >= 15 is 0 Å².